The van der Waals surface area contributed by atoms with Crippen LogP contribution < -0.4 is 14.8 Å². The lowest BCUT2D eigenvalue weighted by molar-refractivity contribution is 0.0926. The number of rotatable bonds is 5. The Kier molecular flexibility index (Phi) is 5.10. The van der Waals surface area contributed by atoms with Gasteiger partial charge in [-0.3, -0.25) is 4.79 Å². The smallest absolute Gasteiger partial charge is 0.255 e. The second kappa shape index (κ2) is 6.83. The van der Waals surface area contributed by atoms with E-state index in [9.17, 15) is 4.79 Å². The molecular weight excluding hydrogens is 266 g/mol. The van der Waals surface area contributed by atoms with Crippen molar-refractivity contribution in [2.75, 3.05) is 19.8 Å². The van der Waals surface area contributed by atoms with Crippen molar-refractivity contribution in [1.29, 1.82) is 0 Å². The predicted molar refractivity (Wildman–Crippen MR) is 82.9 cm³/mol. The van der Waals surface area contributed by atoms with Crippen molar-refractivity contribution in [2.24, 2.45) is 17.8 Å². The summed E-state index contributed by atoms with van der Waals surface area (Å²) in [5.74, 6) is 2.66. The molecule has 0 radical (unpaired) electrons. The number of ether oxygens (including phenoxy) is 2. The monoisotopic (exact) mass is 291 g/mol. The minimum absolute atomic E-state index is 0.0938. The molecule has 1 aromatic carbocycles. The van der Waals surface area contributed by atoms with Crippen molar-refractivity contribution in [2.45, 2.75) is 27.7 Å². The van der Waals surface area contributed by atoms with E-state index < -0.39 is 0 Å². The highest BCUT2D eigenvalue weighted by atomic mass is 16.6. The summed E-state index contributed by atoms with van der Waals surface area (Å²) in [7, 11) is 0. The number of hydrogen-bond acceptors (Lipinski definition) is 3. The number of amides is 1. The molecule has 0 bridgehead atoms. The van der Waals surface area contributed by atoms with Crippen LogP contribution in [0.2, 0.25) is 0 Å². The van der Waals surface area contributed by atoms with Crippen LogP contribution in [-0.2, 0) is 0 Å². The van der Waals surface area contributed by atoms with E-state index in [1.165, 1.54) is 0 Å². The fourth-order valence-electron chi connectivity index (χ4n) is 2.80. The lowest BCUT2D eigenvalue weighted by atomic mass is 9.85. The minimum atomic E-state index is -0.0938. The molecular formula is C17H25NO3. The van der Waals surface area contributed by atoms with Crippen LogP contribution >= 0.6 is 0 Å². The van der Waals surface area contributed by atoms with Crippen LogP contribution in [-0.4, -0.2) is 25.7 Å². The lowest BCUT2D eigenvalue weighted by Crippen LogP contribution is -2.34. The van der Waals surface area contributed by atoms with Gasteiger partial charge in [0.2, 0.25) is 0 Å². The Morgan fingerprint density at radius 2 is 1.81 bits per heavy atom. The van der Waals surface area contributed by atoms with Gasteiger partial charge in [-0.15, -0.1) is 0 Å². The van der Waals surface area contributed by atoms with E-state index in [-0.39, 0.29) is 5.91 Å². The third-order valence-corrected chi connectivity index (χ3v) is 4.02. The number of benzene rings is 1. The standard InChI is InChI=1S/C17H25NO3/c1-11(2)14(12(3)4)10-18-17(19)13-6-5-7-15-16(13)21-9-8-20-15/h5-7,11-12,14H,8-10H2,1-4H3,(H,18,19). The quantitative estimate of drug-likeness (QED) is 0.906. The van der Waals surface area contributed by atoms with Gasteiger partial charge >= 0.3 is 0 Å². The first-order valence-corrected chi connectivity index (χ1v) is 7.67. The second-order valence-electron chi connectivity index (χ2n) is 6.19. The molecule has 21 heavy (non-hydrogen) atoms. The van der Waals surface area contributed by atoms with Crippen molar-refractivity contribution in [3.8, 4) is 11.5 Å². The zero-order valence-electron chi connectivity index (χ0n) is 13.3. The van der Waals surface area contributed by atoms with E-state index in [1.54, 1.807) is 6.07 Å². The summed E-state index contributed by atoms with van der Waals surface area (Å²) >= 11 is 0. The van der Waals surface area contributed by atoms with Crippen LogP contribution in [0.25, 0.3) is 0 Å². The molecule has 0 aliphatic carbocycles. The summed E-state index contributed by atoms with van der Waals surface area (Å²) < 4.78 is 11.1. The summed E-state index contributed by atoms with van der Waals surface area (Å²) in [6, 6.07) is 5.43. The molecule has 1 aromatic rings. The van der Waals surface area contributed by atoms with Gasteiger partial charge < -0.3 is 14.8 Å². The number of carbonyl (C=O) groups excluding carboxylic acids is 1. The number of hydrogen-bond donors (Lipinski definition) is 1. The first kappa shape index (κ1) is 15.7. The van der Waals surface area contributed by atoms with Gasteiger partial charge in [0.25, 0.3) is 5.91 Å². The number of carbonyl (C=O) groups is 1. The fraction of sp³-hybridized carbons (Fsp3) is 0.588. The highest BCUT2D eigenvalue weighted by molar-refractivity contribution is 5.97. The molecule has 2 rings (SSSR count). The summed E-state index contributed by atoms with van der Waals surface area (Å²) in [6.45, 7) is 10.5. The van der Waals surface area contributed by atoms with E-state index in [2.05, 4.69) is 33.0 Å². The third-order valence-electron chi connectivity index (χ3n) is 4.02. The zero-order chi connectivity index (χ0) is 15.4. The van der Waals surface area contributed by atoms with Gasteiger partial charge in [0, 0.05) is 6.54 Å². The van der Waals surface area contributed by atoms with E-state index in [1.807, 2.05) is 12.1 Å². The Morgan fingerprint density at radius 3 is 2.48 bits per heavy atom. The fourth-order valence-corrected chi connectivity index (χ4v) is 2.80. The van der Waals surface area contributed by atoms with E-state index in [0.717, 1.165) is 0 Å². The van der Waals surface area contributed by atoms with Crippen molar-refractivity contribution in [3.63, 3.8) is 0 Å². The number of fused-ring (bicyclic) bond motifs is 1. The molecule has 1 amide bonds. The van der Waals surface area contributed by atoms with E-state index in [4.69, 9.17) is 9.47 Å². The van der Waals surface area contributed by atoms with Crippen LogP contribution in [0.3, 0.4) is 0 Å². The van der Waals surface area contributed by atoms with E-state index >= 15 is 0 Å². The van der Waals surface area contributed by atoms with Crippen LogP contribution in [0.4, 0.5) is 0 Å². The van der Waals surface area contributed by atoms with Gasteiger partial charge in [0.15, 0.2) is 11.5 Å². The topological polar surface area (TPSA) is 47.6 Å². The van der Waals surface area contributed by atoms with Crippen molar-refractivity contribution in [1.82, 2.24) is 5.32 Å². The first-order chi connectivity index (χ1) is 10.0. The van der Waals surface area contributed by atoms with Gasteiger partial charge in [-0.05, 0) is 29.9 Å². The summed E-state index contributed by atoms with van der Waals surface area (Å²) in [5.41, 5.74) is 0.554. The Balaban J connectivity index is 2.07. The van der Waals surface area contributed by atoms with Crippen LogP contribution in [0, 0.1) is 17.8 Å². The molecule has 0 saturated carbocycles. The van der Waals surface area contributed by atoms with Gasteiger partial charge in [0.1, 0.15) is 13.2 Å². The molecule has 116 valence electrons. The molecule has 0 fully saturated rings. The molecule has 0 unspecified atom stereocenters. The van der Waals surface area contributed by atoms with Gasteiger partial charge in [-0.25, -0.2) is 0 Å². The SMILES string of the molecule is CC(C)C(CNC(=O)c1cccc2c1OCCO2)C(C)C. The molecule has 0 aromatic heterocycles. The predicted octanol–water partition coefficient (Wildman–Crippen LogP) is 3.12. The number of para-hydroxylation sites is 1. The average Bonchev–Trinajstić information content (AvgIpc) is 2.46. The van der Waals surface area contributed by atoms with Crippen LogP contribution in [0.1, 0.15) is 38.1 Å². The largest absolute Gasteiger partial charge is 0.486 e. The molecule has 0 atom stereocenters. The number of nitrogens with one attached hydrogen (secondary N) is 1. The minimum Gasteiger partial charge on any atom is -0.486 e. The highest BCUT2D eigenvalue weighted by Gasteiger charge is 2.22. The summed E-state index contributed by atoms with van der Waals surface area (Å²) in [4.78, 5) is 12.4. The lowest BCUT2D eigenvalue weighted by Gasteiger charge is -2.25. The second-order valence-corrected chi connectivity index (χ2v) is 6.19. The normalized spacial score (nSPS) is 13.9. The molecule has 0 saturated heterocycles. The Labute approximate surface area is 126 Å². The molecule has 1 N–H and O–H groups in total. The summed E-state index contributed by atoms with van der Waals surface area (Å²) in [6.07, 6.45) is 0. The highest BCUT2D eigenvalue weighted by Crippen LogP contribution is 2.33. The van der Waals surface area contributed by atoms with Gasteiger partial charge in [-0.2, -0.15) is 0 Å². The maximum Gasteiger partial charge on any atom is 0.255 e. The van der Waals surface area contributed by atoms with Crippen LogP contribution in [0.5, 0.6) is 11.5 Å². The summed E-state index contributed by atoms with van der Waals surface area (Å²) in [5, 5.41) is 3.04. The van der Waals surface area contributed by atoms with Gasteiger partial charge in [0.05, 0.1) is 5.56 Å². The average molecular weight is 291 g/mol. The van der Waals surface area contributed by atoms with E-state index in [0.29, 0.717) is 54.6 Å². The maximum atomic E-state index is 12.4. The molecule has 0 spiro atoms. The maximum absolute atomic E-state index is 12.4. The third kappa shape index (κ3) is 3.69. The van der Waals surface area contributed by atoms with Gasteiger partial charge in [-0.1, -0.05) is 33.8 Å². The van der Waals surface area contributed by atoms with Crippen molar-refractivity contribution in [3.05, 3.63) is 23.8 Å². The Bertz CT molecular complexity index is 489. The van der Waals surface area contributed by atoms with Crippen LogP contribution in [0.15, 0.2) is 18.2 Å². The van der Waals surface area contributed by atoms with Crippen molar-refractivity contribution >= 4 is 5.91 Å². The molecule has 4 heteroatoms. The first-order valence-electron chi connectivity index (χ1n) is 7.67. The Hall–Kier alpha value is -1.71. The van der Waals surface area contributed by atoms with Crippen molar-refractivity contribution < 1.29 is 14.3 Å². The molecule has 4 nitrogen and oxygen atoms in total. The molecule has 1 heterocycles. The molecule has 1 aliphatic rings. The zero-order valence-corrected chi connectivity index (χ0v) is 13.3. The molecule has 1 aliphatic heterocycles. The Morgan fingerprint density at radius 1 is 1.14 bits per heavy atom.